The van der Waals surface area contributed by atoms with Gasteiger partial charge >= 0.3 is 11.8 Å². The molecule has 0 N–H and O–H groups in total. The van der Waals surface area contributed by atoms with Gasteiger partial charge in [-0.25, -0.2) is 4.98 Å². The maximum Gasteiger partial charge on any atom is 0.312 e. The fourth-order valence-corrected chi connectivity index (χ4v) is 4.58. The van der Waals surface area contributed by atoms with Gasteiger partial charge in [-0.1, -0.05) is 48.5 Å². The molecule has 2 aliphatic heterocycles. The van der Waals surface area contributed by atoms with Gasteiger partial charge in [0.25, 0.3) is 5.91 Å². The Balaban J connectivity index is 1.35. The molecule has 33 heavy (non-hydrogen) atoms. The van der Waals surface area contributed by atoms with Crippen molar-refractivity contribution in [1.29, 1.82) is 0 Å². The predicted molar refractivity (Wildman–Crippen MR) is 125 cm³/mol. The lowest BCUT2D eigenvalue weighted by atomic mass is 10.0. The number of para-hydroxylation sites is 1. The Hall–Kier alpha value is -3.74. The van der Waals surface area contributed by atoms with Gasteiger partial charge in [0, 0.05) is 50.2 Å². The van der Waals surface area contributed by atoms with Crippen molar-refractivity contribution in [2.45, 2.75) is 12.8 Å². The van der Waals surface area contributed by atoms with Crippen molar-refractivity contribution in [3.63, 3.8) is 0 Å². The summed E-state index contributed by atoms with van der Waals surface area (Å²) in [5, 5.41) is 0.810. The maximum atomic E-state index is 13.5. The van der Waals surface area contributed by atoms with E-state index in [0.29, 0.717) is 44.8 Å². The van der Waals surface area contributed by atoms with Crippen LogP contribution in [0.2, 0.25) is 0 Å². The van der Waals surface area contributed by atoms with Crippen molar-refractivity contribution < 1.29 is 14.4 Å². The van der Waals surface area contributed by atoms with Gasteiger partial charge < -0.3 is 14.7 Å². The molecule has 2 fully saturated rings. The lowest BCUT2D eigenvalue weighted by Crippen LogP contribution is -2.54. The average molecular weight is 443 g/mol. The van der Waals surface area contributed by atoms with Gasteiger partial charge in [0.1, 0.15) is 0 Å². The van der Waals surface area contributed by atoms with Crippen molar-refractivity contribution >= 4 is 28.6 Å². The van der Waals surface area contributed by atoms with Crippen molar-refractivity contribution in [2.24, 2.45) is 0 Å². The van der Waals surface area contributed by atoms with Crippen molar-refractivity contribution in [1.82, 2.24) is 19.7 Å². The zero-order valence-electron chi connectivity index (χ0n) is 18.4. The smallest absolute Gasteiger partial charge is 0.312 e. The van der Waals surface area contributed by atoms with Crippen LogP contribution in [-0.2, 0) is 9.59 Å². The topological polar surface area (TPSA) is 73.8 Å². The highest BCUT2D eigenvalue weighted by Gasteiger charge is 2.32. The molecule has 0 spiro atoms. The molecular formula is C26H26N4O3. The molecule has 3 heterocycles. The lowest BCUT2D eigenvalue weighted by Gasteiger charge is -2.35. The summed E-state index contributed by atoms with van der Waals surface area (Å²) in [6, 6.07) is 19.3. The number of rotatable bonds is 2. The molecule has 0 unspecified atom stereocenters. The number of hydrogen-bond acceptors (Lipinski definition) is 4. The van der Waals surface area contributed by atoms with Crippen molar-refractivity contribution in [3.05, 3.63) is 66.2 Å². The molecule has 2 aliphatic rings. The van der Waals surface area contributed by atoms with Crippen LogP contribution in [0.4, 0.5) is 0 Å². The van der Waals surface area contributed by atoms with Crippen LogP contribution in [0.25, 0.3) is 22.2 Å². The van der Waals surface area contributed by atoms with E-state index >= 15 is 0 Å². The van der Waals surface area contributed by atoms with E-state index in [9.17, 15) is 14.4 Å². The van der Waals surface area contributed by atoms with Gasteiger partial charge in [-0.3, -0.25) is 14.4 Å². The molecule has 0 aliphatic carbocycles. The Kier molecular flexibility index (Phi) is 5.77. The van der Waals surface area contributed by atoms with E-state index in [-0.39, 0.29) is 5.91 Å². The summed E-state index contributed by atoms with van der Waals surface area (Å²) in [6.07, 6.45) is 1.90. The van der Waals surface area contributed by atoms with Gasteiger partial charge in [-0.2, -0.15) is 0 Å². The summed E-state index contributed by atoms with van der Waals surface area (Å²) in [7, 11) is 0. The van der Waals surface area contributed by atoms with Gasteiger partial charge in [-0.05, 0) is 25.0 Å². The summed E-state index contributed by atoms with van der Waals surface area (Å²) >= 11 is 0. The number of carbonyl (C=O) groups excluding carboxylic acids is 3. The third-order valence-electron chi connectivity index (χ3n) is 6.45. The van der Waals surface area contributed by atoms with E-state index in [4.69, 9.17) is 4.98 Å². The minimum Gasteiger partial charge on any atom is -0.335 e. The summed E-state index contributed by atoms with van der Waals surface area (Å²) < 4.78 is 0. The molecule has 7 nitrogen and oxygen atoms in total. The van der Waals surface area contributed by atoms with E-state index in [1.807, 2.05) is 60.7 Å². The SMILES string of the molecule is O=C(C(=O)N1CCN(C(=O)c2cc(-c3ccccc3)nc3ccccc23)CC1)N1CCCC1. The number of benzene rings is 2. The van der Waals surface area contributed by atoms with Crippen LogP contribution >= 0.6 is 0 Å². The normalized spacial score (nSPS) is 16.3. The molecule has 168 valence electrons. The molecule has 1 aromatic heterocycles. The predicted octanol–water partition coefficient (Wildman–Crippen LogP) is 2.81. The third-order valence-corrected chi connectivity index (χ3v) is 6.45. The minimum atomic E-state index is -0.454. The number of carbonyl (C=O) groups is 3. The number of fused-ring (bicyclic) bond motifs is 1. The van der Waals surface area contributed by atoms with Crippen molar-refractivity contribution in [3.8, 4) is 11.3 Å². The summed E-state index contributed by atoms with van der Waals surface area (Å²) in [4.78, 5) is 48.3. The number of aromatic nitrogens is 1. The van der Waals surface area contributed by atoms with E-state index in [1.165, 1.54) is 0 Å². The van der Waals surface area contributed by atoms with Crippen LogP contribution in [0.15, 0.2) is 60.7 Å². The molecule has 0 saturated carbocycles. The molecule has 0 atom stereocenters. The van der Waals surface area contributed by atoms with E-state index in [2.05, 4.69) is 0 Å². The fourth-order valence-electron chi connectivity index (χ4n) is 4.58. The summed E-state index contributed by atoms with van der Waals surface area (Å²) in [5.41, 5.74) is 3.08. The zero-order chi connectivity index (χ0) is 22.8. The molecule has 0 bridgehead atoms. The van der Waals surface area contributed by atoms with Crippen LogP contribution in [0, 0.1) is 0 Å². The van der Waals surface area contributed by atoms with Gasteiger partial charge in [0.2, 0.25) is 0 Å². The molecular weight excluding hydrogens is 416 g/mol. The largest absolute Gasteiger partial charge is 0.335 e. The van der Waals surface area contributed by atoms with Crippen LogP contribution < -0.4 is 0 Å². The Labute approximate surface area is 192 Å². The standard InChI is InChI=1S/C26H26N4O3/c31-24(29-14-16-30(17-15-29)26(33)25(32)28-12-6-7-13-28)21-18-23(19-8-2-1-3-9-19)27-22-11-5-4-10-20(21)22/h1-5,8-11,18H,6-7,12-17H2. The van der Waals surface area contributed by atoms with Crippen LogP contribution in [-0.4, -0.2) is 76.7 Å². The Morgan fingerprint density at radius 1 is 0.667 bits per heavy atom. The van der Waals surface area contributed by atoms with Crippen LogP contribution in [0.3, 0.4) is 0 Å². The molecule has 5 rings (SSSR count). The second-order valence-electron chi connectivity index (χ2n) is 8.52. The van der Waals surface area contributed by atoms with Gasteiger partial charge in [-0.15, -0.1) is 0 Å². The fraction of sp³-hybridized carbons (Fsp3) is 0.308. The molecule has 3 amide bonds. The molecule has 2 saturated heterocycles. The van der Waals surface area contributed by atoms with E-state index < -0.39 is 11.8 Å². The molecule has 3 aromatic rings. The van der Waals surface area contributed by atoms with Gasteiger partial charge in [0.05, 0.1) is 16.8 Å². The first kappa shape index (κ1) is 21.1. The van der Waals surface area contributed by atoms with Crippen LogP contribution in [0.5, 0.6) is 0 Å². The minimum absolute atomic E-state index is 0.0799. The highest BCUT2D eigenvalue weighted by atomic mass is 16.2. The first-order chi connectivity index (χ1) is 16.1. The quantitative estimate of drug-likeness (QED) is 0.572. The van der Waals surface area contributed by atoms with Gasteiger partial charge in [0.15, 0.2) is 0 Å². The number of amides is 3. The number of hydrogen-bond donors (Lipinski definition) is 0. The first-order valence-electron chi connectivity index (χ1n) is 11.4. The Morgan fingerprint density at radius 2 is 1.24 bits per heavy atom. The van der Waals surface area contributed by atoms with E-state index in [1.54, 1.807) is 14.7 Å². The lowest BCUT2D eigenvalue weighted by molar-refractivity contribution is -0.152. The first-order valence-corrected chi connectivity index (χ1v) is 11.4. The third kappa shape index (κ3) is 4.18. The second-order valence-corrected chi connectivity index (χ2v) is 8.52. The number of nitrogens with zero attached hydrogens (tertiary/aromatic N) is 4. The van der Waals surface area contributed by atoms with Crippen LogP contribution in [0.1, 0.15) is 23.2 Å². The molecule has 7 heteroatoms. The zero-order valence-corrected chi connectivity index (χ0v) is 18.4. The number of pyridine rings is 1. The monoisotopic (exact) mass is 442 g/mol. The van der Waals surface area contributed by atoms with Crippen molar-refractivity contribution in [2.75, 3.05) is 39.3 Å². The Morgan fingerprint density at radius 3 is 1.94 bits per heavy atom. The highest BCUT2D eigenvalue weighted by Crippen LogP contribution is 2.26. The number of likely N-dealkylation sites (tertiary alicyclic amines) is 1. The van der Waals surface area contributed by atoms with E-state index in [0.717, 1.165) is 35.0 Å². The highest BCUT2D eigenvalue weighted by molar-refractivity contribution is 6.35. The second kappa shape index (κ2) is 9.02. The maximum absolute atomic E-state index is 13.5. The summed E-state index contributed by atoms with van der Waals surface area (Å²) in [5.74, 6) is -0.951. The molecule has 2 aromatic carbocycles. The summed E-state index contributed by atoms with van der Waals surface area (Å²) in [6.45, 7) is 2.82. The average Bonchev–Trinajstić information content (AvgIpc) is 3.42. The molecule has 0 radical (unpaired) electrons. The Bertz CT molecular complexity index is 1200. The number of piperazine rings is 1.